The van der Waals surface area contributed by atoms with Gasteiger partial charge in [0, 0.05) is 11.8 Å². The van der Waals surface area contributed by atoms with Gasteiger partial charge in [0.2, 0.25) is 5.91 Å². The first kappa shape index (κ1) is 7.74. The average Bonchev–Trinajstić information content (AvgIpc) is 2.77. The van der Waals surface area contributed by atoms with E-state index in [1.807, 2.05) is 12.1 Å². The van der Waals surface area contributed by atoms with E-state index in [1.165, 1.54) is 0 Å². The fourth-order valence-electron chi connectivity index (χ4n) is 2.30. The molecule has 0 unspecified atom stereocenters. The maximum Gasteiger partial charge on any atom is 0.236 e. The minimum Gasteiger partial charge on any atom is -0.310 e. The van der Waals surface area contributed by atoms with Gasteiger partial charge in [-0.2, -0.15) is 0 Å². The molecule has 0 aromatic carbocycles. The molecule has 2 heterocycles. The molecule has 1 aliphatic carbocycles. The van der Waals surface area contributed by atoms with E-state index in [0.717, 1.165) is 24.2 Å². The highest BCUT2D eigenvalue weighted by atomic mass is 16.2. The van der Waals surface area contributed by atoms with E-state index in [0.29, 0.717) is 0 Å². The van der Waals surface area contributed by atoms with Gasteiger partial charge in [0.15, 0.2) is 0 Å². The van der Waals surface area contributed by atoms with Gasteiger partial charge in [-0.3, -0.25) is 4.79 Å². The minimum atomic E-state index is -0.344. The van der Waals surface area contributed by atoms with E-state index >= 15 is 0 Å². The summed E-state index contributed by atoms with van der Waals surface area (Å²) in [5.74, 6) is 0.831. The molecule has 2 aliphatic rings. The number of anilines is 1. The van der Waals surface area contributed by atoms with Gasteiger partial charge >= 0.3 is 0 Å². The van der Waals surface area contributed by atoms with Crippen molar-refractivity contribution in [3.8, 4) is 0 Å². The number of hydrogen-bond acceptors (Lipinski definition) is 2. The zero-order valence-corrected chi connectivity index (χ0v) is 7.66. The summed E-state index contributed by atoms with van der Waals surface area (Å²) in [6.45, 7) is 0. The fourth-order valence-corrected chi connectivity index (χ4v) is 2.30. The highest BCUT2D eigenvalue weighted by Gasteiger charge is 2.47. The van der Waals surface area contributed by atoms with Gasteiger partial charge in [-0.15, -0.1) is 0 Å². The second-order valence-corrected chi connectivity index (χ2v) is 3.82. The van der Waals surface area contributed by atoms with Crippen LogP contribution in [0.4, 0.5) is 5.82 Å². The largest absolute Gasteiger partial charge is 0.310 e. The van der Waals surface area contributed by atoms with Crippen molar-refractivity contribution >= 4 is 11.7 Å². The standard InChI is InChI=1S/C11H10N2O/c14-10-11(5-1-2-6-11)8-4-3-7-12-9(8)13-10/h1-4,7H,5-6H2,(H,12,13,14). The lowest BCUT2D eigenvalue weighted by Gasteiger charge is -2.19. The molecule has 0 fully saturated rings. The van der Waals surface area contributed by atoms with Crippen LogP contribution in [0.1, 0.15) is 18.4 Å². The lowest BCUT2D eigenvalue weighted by atomic mass is 9.80. The van der Waals surface area contributed by atoms with Crippen LogP contribution in [-0.4, -0.2) is 10.9 Å². The number of aromatic nitrogens is 1. The summed E-state index contributed by atoms with van der Waals surface area (Å²) in [7, 11) is 0. The summed E-state index contributed by atoms with van der Waals surface area (Å²) >= 11 is 0. The van der Waals surface area contributed by atoms with Crippen molar-refractivity contribution in [2.45, 2.75) is 18.3 Å². The van der Waals surface area contributed by atoms with Crippen LogP contribution in [0.5, 0.6) is 0 Å². The summed E-state index contributed by atoms with van der Waals surface area (Å²) < 4.78 is 0. The zero-order chi connectivity index (χ0) is 9.60. The number of carbonyl (C=O) groups is 1. The summed E-state index contributed by atoms with van der Waals surface area (Å²) in [5.41, 5.74) is 0.707. The molecule has 14 heavy (non-hydrogen) atoms. The summed E-state index contributed by atoms with van der Waals surface area (Å²) in [6.07, 6.45) is 7.46. The van der Waals surface area contributed by atoms with Crippen LogP contribution < -0.4 is 5.32 Å². The van der Waals surface area contributed by atoms with Crippen molar-refractivity contribution in [2.24, 2.45) is 0 Å². The second-order valence-electron chi connectivity index (χ2n) is 3.82. The van der Waals surface area contributed by atoms with E-state index in [4.69, 9.17) is 0 Å². The van der Waals surface area contributed by atoms with E-state index in [2.05, 4.69) is 22.5 Å². The second kappa shape index (κ2) is 2.44. The van der Waals surface area contributed by atoms with E-state index in [-0.39, 0.29) is 11.3 Å². The molecule has 0 atom stereocenters. The van der Waals surface area contributed by atoms with E-state index in [1.54, 1.807) is 6.20 Å². The topological polar surface area (TPSA) is 42.0 Å². The molecule has 70 valence electrons. The molecule has 1 aliphatic heterocycles. The molecule has 1 N–H and O–H groups in total. The van der Waals surface area contributed by atoms with Crippen molar-refractivity contribution in [3.63, 3.8) is 0 Å². The first-order valence-electron chi connectivity index (χ1n) is 4.75. The Kier molecular flexibility index (Phi) is 1.35. The molecular weight excluding hydrogens is 176 g/mol. The van der Waals surface area contributed by atoms with Crippen molar-refractivity contribution in [1.82, 2.24) is 4.98 Å². The Morgan fingerprint density at radius 2 is 2.14 bits per heavy atom. The molecule has 0 radical (unpaired) electrons. The average molecular weight is 186 g/mol. The first-order valence-corrected chi connectivity index (χ1v) is 4.75. The quantitative estimate of drug-likeness (QED) is 0.625. The van der Waals surface area contributed by atoms with Crippen LogP contribution in [0.2, 0.25) is 0 Å². The summed E-state index contributed by atoms with van der Waals surface area (Å²) in [5, 5.41) is 2.84. The third kappa shape index (κ3) is 0.769. The molecule has 3 rings (SSSR count). The monoisotopic (exact) mass is 186 g/mol. The van der Waals surface area contributed by atoms with Crippen molar-refractivity contribution < 1.29 is 4.79 Å². The van der Waals surface area contributed by atoms with Gasteiger partial charge in [-0.05, 0) is 18.9 Å². The number of amides is 1. The molecule has 1 aromatic heterocycles. The third-order valence-electron chi connectivity index (χ3n) is 3.09. The number of nitrogens with zero attached hydrogens (tertiary/aromatic N) is 1. The van der Waals surface area contributed by atoms with Crippen LogP contribution in [0, 0.1) is 0 Å². The van der Waals surface area contributed by atoms with Gasteiger partial charge in [-0.1, -0.05) is 18.2 Å². The summed E-state index contributed by atoms with van der Waals surface area (Å²) in [6, 6.07) is 3.88. The van der Waals surface area contributed by atoms with Gasteiger partial charge in [0.1, 0.15) is 5.82 Å². The number of hydrogen-bond donors (Lipinski definition) is 1. The zero-order valence-electron chi connectivity index (χ0n) is 7.66. The lowest BCUT2D eigenvalue weighted by molar-refractivity contribution is -0.120. The van der Waals surface area contributed by atoms with E-state index in [9.17, 15) is 4.79 Å². The number of nitrogens with one attached hydrogen (secondary N) is 1. The molecule has 1 aromatic rings. The highest BCUT2D eigenvalue weighted by Crippen LogP contribution is 2.44. The Balaban J connectivity index is 2.19. The Bertz CT molecular complexity index is 429. The van der Waals surface area contributed by atoms with Crippen LogP contribution in [0.15, 0.2) is 30.5 Å². The minimum absolute atomic E-state index is 0.0937. The van der Waals surface area contributed by atoms with Gasteiger partial charge in [0.05, 0.1) is 5.41 Å². The van der Waals surface area contributed by atoms with Gasteiger partial charge < -0.3 is 5.32 Å². The van der Waals surface area contributed by atoms with E-state index < -0.39 is 0 Å². The third-order valence-corrected chi connectivity index (χ3v) is 3.09. The van der Waals surface area contributed by atoms with Crippen molar-refractivity contribution in [1.29, 1.82) is 0 Å². The predicted octanol–water partition coefficient (Wildman–Crippen LogP) is 1.62. The first-order chi connectivity index (χ1) is 6.83. The Labute approximate surface area is 81.9 Å². The smallest absolute Gasteiger partial charge is 0.236 e. The summed E-state index contributed by atoms with van der Waals surface area (Å²) in [4.78, 5) is 16.0. The number of allylic oxidation sites excluding steroid dienone is 2. The molecule has 3 nitrogen and oxygen atoms in total. The lowest BCUT2D eigenvalue weighted by Crippen LogP contribution is -2.31. The van der Waals surface area contributed by atoms with Crippen LogP contribution >= 0.6 is 0 Å². The molecule has 1 spiro atoms. The number of rotatable bonds is 0. The SMILES string of the molecule is O=C1Nc2ncccc2C12CC=CC2. The highest BCUT2D eigenvalue weighted by molar-refractivity contribution is 6.05. The fraction of sp³-hybridized carbons (Fsp3) is 0.273. The van der Waals surface area contributed by atoms with Crippen LogP contribution in [0.3, 0.4) is 0 Å². The molecule has 0 saturated heterocycles. The maximum absolute atomic E-state index is 11.9. The van der Waals surface area contributed by atoms with Gasteiger partial charge in [-0.25, -0.2) is 4.98 Å². The number of fused-ring (bicyclic) bond motifs is 2. The molecular formula is C11H10N2O. The number of carbonyl (C=O) groups excluding carboxylic acids is 1. The Morgan fingerprint density at radius 3 is 2.93 bits per heavy atom. The molecule has 3 heteroatoms. The Morgan fingerprint density at radius 1 is 1.36 bits per heavy atom. The van der Waals surface area contributed by atoms with Crippen molar-refractivity contribution in [3.05, 3.63) is 36.0 Å². The predicted molar refractivity (Wildman–Crippen MR) is 52.9 cm³/mol. The van der Waals surface area contributed by atoms with Gasteiger partial charge in [0.25, 0.3) is 0 Å². The maximum atomic E-state index is 11.9. The Hall–Kier alpha value is -1.64. The molecule has 0 bridgehead atoms. The van der Waals surface area contributed by atoms with Crippen LogP contribution in [-0.2, 0) is 10.2 Å². The van der Waals surface area contributed by atoms with Crippen molar-refractivity contribution in [2.75, 3.05) is 5.32 Å². The normalized spacial score (nSPS) is 21.3. The number of pyridine rings is 1. The molecule has 1 amide bonds. The van der Waals surface area contributed by atoms with Crippen LogP contribution in [0.25, 0.3) is 0 Å². The molecule has 0 saturated carbocycles.